The molecule has 2 aliphatic rings. The monoisotopic (exact) mass is 998 g/mol. The summed E-state index contributed by atoms with van der Waals surface area (Å²) in [6.07, 6.45) is 7.33. The molecule has 2 aliphatic heterocycles. The fraction of sp³-hybridized carbons (Fsp3) is 0. The third-order valence-corrected chi connectivity index (χ3v) is 10.4. The van der Waals surface area contributed by atoms with Crippen LogP contribution in [0.25, 0.3) is 90.9 Å². The third kappa shape index (κ3) is 7.99. The number of aromatic nitrogens is 4. The molecule has 5 heterocycles. The maximum atomic E-state index is 11.7. The number of benzene rings is 4. The van der Waals surface area contributed by atoms with Gasteiger partial charge in [0.2, 0.25) is 0 Å². The molecule has 0 unspecified atom stereocenters. The van der Waals surface area contributed by atoms with Crippen molar-refractivity contribution in [3.8, 4) is 44.5 Å². The Morgan fingerprint density at radius 2 is 0.516 bits per heavy atom. The molecule has 7 aromatic rings. The molecular formula is C48H26N4O8Pd2. The van der Waals surface area contributed by atoms with Crippen LogP contribution in [0.1, 0.15) is 64.2 Å². The van der Waals surface area contributed by atoms with Gasteiger partial charge in [-0.3, -0.25) is 0 Å². The molecule has 0 spiro atoms. The largest absolute Gasteiger partial charge is 2.00 e. The maximum absolute atomic E-state index is 11.7. The molecule has 4 aromatic carbocycles. The minimum Gasteiger partial charge on any atom is -0.545 e. The van der Waals surface area contributed by atoms with E-state index in [0.717, 1.165) is 0 Å². The Morgan fingerprint density at radius 1 is 0.323 bits per heavy atom. The molecule has 3 aromatic heterocycles. The molecule has 0 saturated carbocycles. The Labute approximate surface area is 379 Å². The molecule has 0 atom stereocenters. The van der Waals surface area contributed by atoms with E-state index < -0.39 is 23.9 Å². The van der Waals surface area contributed by atoms with Gasteiger partial charge in [-0.05, 0) is 93.1 Å². The molecule has 0 saturated heterocycles. The van der Waals surface area contributed by atoms with Gasteiger partial charge in [-0.1, -0.05) is 97.1 Å². The molecule has 2 N–H and O–H groups in total. The smallest absolute Gasteiger partial charge is 0.545 e. The van der Waals surface area contributed by atoms with Crippen molar-refractivity contribution in [3.63, 3.8) is 0 Å². The Kier molecular flexibility index (Phi) is 12.0. The summed E-state index contributed by atoms with van der Waals surface area (Å²) in [5.74, 6) is -5.30. The second kappa shape index (κ2) is 17.3. The van der Waals surface area contributed by atoms with Crippen LogP contribution in [0.4, 0.5) is 0 Å². The van der Waals surface area contributed by atoms with Gasteiger partial charge in [0.25, 0.3) is 0 Å². The fourth-order valence-corrected chi connectivity index (χ4v) is 7.51. The van der Waals surface area contributed by atoms with E-state index in [4.69, 9.17) is 9.97 Å². The summed E-state index contributed by atoms with van der Waals surface area (Å²) in [5, 5.41) is 46.8. The fourth-order valence-electron chi connectivity index (χ4n) is 7.51. The Morgan fingerprint density at radius 3 is 0.694 bits per heavy atom. The van der Waals surface area contributed by atoms with E-state index in [1.54, 1.807) is 48.5 Å². The minimum absolute atomic E-state index is 0. The van der Waals surface area contributed by atoms with Crippen LogP contribution in [-0.2, 0) is 40.8 Å². The van der Waals surface area contributed by atoms with Crippen LogP contribution in [0.15, 0.2) is 121 Å². The van der Waals surface area contributed by atoms with Gasteiger partial charge >= 0.3 is 40.8 Å². The van der Waals surface area contributed by atoms with E-state index in [-0.39, 0.29) is 63.1 Å². The third-order valence-electron chi connectivity index (χ3n) is 10.4. The molecule has 0 fully saturated rings. The first kappa shape index (κ1) is 42.8. The van der Waals surface area contributed by atoms with Gasteiger partial charge in [0.15, 0.2) is 0 Å². The molecule has 306 valence electrons. The van der Waals surface area contributed by atoms with Gasteiger partial charge in [-0.25, -0.2) is 9.97 Å². The molecule has 14 heteroatoms. The normalized spacial score (nSPS) is 11.4. The molecule has 0 aliphatic carbocycles. The number of H-pyrrole nitrogens is 2. The number of aromatic carboxylic acids is 4. The quantitative estimate of drug-likeness (QED) is 0.199. The van der Waals surface area contributed by atoms with Crippen molar-refractivity contribution in [1.29, 1.82) is 0 Å². The summed E-state index contributed by atoms with van der Waals surface area (Å²) < 4.78 is 0. The Hall–Kier alpha value is -7.32. The van der Waals surface area contributed by atoms with Crippen molar-refractivity contribution in [2.45, 2.75) is 0 Å². The molecule has 9 rings (SSSR count). The van der Waals surface area contributed by atoms with E-state index >= 15 is 0 Å². The standard InChI is InChI=1S/C48H30N4O8.2Pd/c53-45(54)29-9-1-25(2-10-29)41-33-17-19-35(49-33)42(26-3-11-30(12-4-26)46(55)56)37-21-23-39(51-37)44(28-7-15-32(16-8-28)48(59)60)40-24-22-38(52-40)43(36-20-18-34(41)50-36)27-5-13-31(14-6-27)47(57)58;;/h1-24,49,52H,(H,53,54)(H,55,56)(H,57,58)(H,59,60);;/q;2*+2/p-4. The first-order valence-electron chi connectivity index (χ1n) is 18.5. The van der Waals surface area contributed by atoms with Crippen molar-refractivity contribution in [2.24, 2.45) is 0 Å². The van der Waals surface area contributed by atoms with Crippen LogP contribution in [0.3, 0.4) is 0 Å². The average Bonchev–Trinajstić information content (AvgIpc) is 4.10. The number of nitrogens with zero attached hydrogens (tertiary/aromatic N) is 2. The van der Waals surface area contributed by atoms with Crippen molar-refractivity contribution in [2.75, 3.05) is 0 Å². The van der Waals surface area contributed by atoms with Gasteiger partial charge in [0.05, 0.1) is 46.7 Å². The van der Waals surface area contributed by atoms with Gasteiger partial charge in [0.1, 0.15) is 0 Å². The van der Waals surface area contributed by atoms with Crippen LogP contribution in [-0.4, -0.2) is 43.8 Å². The van der Waals surface area contributed by atoms with E-state index in [1.807, 2.05) is 48.6 Å². The van der Waals surface area contributed by atoms with Gasteiger partial charge < -0.3 is 49.6 Å². The summed E-state index contributed by atoms with van der Waals surface area (Å²) in [5.41, 5.74) is 9.58. The Bertz CT molecular complexity index is 2770. The predicted octanol–water partition coefficient (Wildman–Crippen LogP) is 4.77. The minimum atomic E-state index is -1.32. The number of fused-ring (bicyclic) bond motifs is 8. The molecule has 12 nitrogen and oxygen atoms in total. The van der Waals surface area contributed by atoms with E-state index in [9.17, 15) is 39.6 Å². The predicted molar refractivity (Wildman–Crippen MR) is 218 cm³/mol. The number of hydrogen-bond donors (Lipinski definition) is 2. The number of aromatic amines is 2. The van der Waals surface area contributed by atoms with E-state index in [2.05, 4.69) is 9.97 Å². The van der Waals surface area contributed by atoms with Crippen LogP contribution >= 0.6 is 0 Å². The van der Waals surface area contributed by atoms with Crippen molar-refractivity contribution in [1.82, 2.24) is 19.9 Å². The zero-order chi connectivity index (χ0) is 41.7. The van der Waals surface area contributed by atoms with Crippen LogP contribution < -0.4 is 20.4 Å². The SMILES string of the molecule is O=C([O-])c1ccc(-c2c3nc(c(-c4ccc(C(=O)[O-])cc4)c4ccc([nH]4)c(-c4ccc(C(=O)[O-])cc4)c4nc(c(-c5ccc(C(=O)[O-])cc5)c5ccc2[nH]5)C=C4)C=C3)cc1.[Pd+2].[Pd+2]. The van der Waals surface area contributed by atoms with Crippen molar-refractivity contribution in [3.05, 3.63) is 166 Å². The van der Waals surface area contributed by atoms with Crippen LogP contribution in [0, 0.1) is 0 Å². The van der Waals surface area contributed by atoms with Crippen molar-refractivity contribution >= 4 is 70.2 Å². The number of carbonyl (C=O) groups is 4. The summed E-state index contributed by atoms with van der Waals surface area (Å²) in [6.45, 7) is 0. The molecule has 62 heavy (non-hydrogen) atoms. The molecular weight excluding hydrogens is 973 g/mol. The molecule has 8 bridgehead atoms. The number of hydrogen-bond acceptors (Lipinski definition) is 10. The number of nitrogens with one attached hydrogen (secondary N) is 2. The van der Waals surface area contributed by atoms with Crippen LogP contribution in [0.5, 0.6) is 0 Å². The van der Waals surface area contributed by atoms with Gasteiger partial charge in [0, 0.05) is 44.3 Å². The second-order valence-electron chi connectivity index (χ2n) is 14.0. The van der Waals surface area contributed by atoms with Crippen LogP contribution in [0.2, 0.25) is 0 Å². The topological polar surface area (TPSA) is 218 Å². The maximum Gasteiger partial charge on any atom is 2.00 e. The second-order valence-corrected chi connectivity index (χ2v) is 14.0. The number of carboxylic acid groups (broad SMARTS) is 4. The van der Waals surface area contributed by atoms with E-state index in [0.29, 0.717) is 89.4 Å². The molecule has 0 radical (unpaired) electrons. The zero-order valence-electron chi connectivity index (χ0n) is 31.6. The number of carbonyl (C=O) groups excluding carboxylic acids is 4. The van der Waals surface area contributed by atoms with Crippen molar-refractivity contribution < 1.29 is 80.4 Å². The van der Waals surface area contributed by atoms with Gasteiger partial charge in [-0.2, -0.15) is 0 Å². The first-order valence-corrected chi connectivity index (χ1v) is 18.5. The summed E-state index contributed by atoms with van der Waals surface area (Å²) in [7, 11) is 0. The van der Waals surface area contributed by atoms with Gasteiger partial charge in [-0.15, -0.1) is 0 Å². The average molecular weight is 1000 g/mol. The summed E-state index contributed by atoms with van der Waals surface area (Å²) >= 11 is 0. The number of carboxylic acids is 4. The molecule has 0 amide bonds. The Balaban J connectivity index is 0.00000289. The number of rotatable bonds is 8. The first-order chi connectivity index (χ1) is 29.0. The summed E-state index contributed by atoms with van der Waals surface area (Å²) in [4.78, 5) is 64.2. The summed E-state index contributed by atoms with van der Waals surface area (Å²) in [6, 6.07) is 32.4. The zero-order valence-corrected chi connectivity index (χ0v) is 34.8. The van der Waals surface area contributed by atoms with E-state index in [1.165, 1.54) is 48.5 Å².